The van der Waals surface area contributed by atoms with Gasteiger partial charge in [0.2, 0.25) is 0 Å². The highest BCUT2D eigenvalue weighted by Gasteiger charge is 2.42. The minimum atomic E-state index is -0.0910. The van der Waals surface area contributed by atoms with Gasteiger partial charge in [-0.15, -0.1) is 0 Å². The summed E-state index contributed by atoms with van der Waals surface area (Å²) in [7, 11) is 0. The maximum absolute atomic E-state index is 6.14. The number of halogens is 1. The Hall–Kier alpha value is -3.15. The lowest BCUT2D eigenvalue weighted by atomic mass is 10.0. The first kappa shape index (κ1) is 18.9. The number of anilines is 1. The second kappa shape index (κ2) is 7.94. The van der Waals surface area contributed by atoms with Gasteiger partial charge in [0.1, 0.15) is 6.04 Å². The Morgan fingerprint density at radius 3 is 2.33 bits per heavy atom. The Morgan fingerprint density at radius 1 is 0.833 bits per heavy atom. The lowest BCUT2D eigenvalue weighted by molar-refractivity contribution is 0.549. The average Bonchev–Trinajstić information content (AvgIpc) is 3.40. The summed E-state index contributed by atoms with van der Waals surface area (Å²) in [4.78, 5) is 6.77. The van der Waals surface area contributed by atoms with Crippen LogP contribution in [0.15, 0.2) is 97.3 Å². The minimum absolute atomic E-state index is 0.0798. The van der Waals surface area contributed by atoms with Gasteiger partial charge < -0.3 is 14.8 Å². The van der Waals surface area contributed by atoms with Crippen molar-refractivity contribution in [1.82, 2.24) is 14.9 Å². The topological polar surface area (TPSA) is 33.1 Å². The van der Waals surface area contributed by atoms with Crippen LogP contribution in [0.2, 0.25) is 5.02 Å². The Kier molecular flexibility index (Phi) is 4.99. The maximum Gasteiger partial charge on any atom is 0.174 e. The predicted molar refractivity (Wildman–Crippen MR) is 125 cm³/mol. The first-order valence-electron chi connectivity index (χ1n) is 9.71. The molecule has 2 atom stereocenters. The van der Waals surface area contributed by atoms with E-state index in [-0.39, 0.29) is 12.1 Å². The molecule has 0 saturated carbocycles. The fourth-order valence-electron chi connectivity index (χ4n) is 3.99. The third-order valence-corrected chi connectivity index (χ3v) is 5.89. The van der Waals surface area contributed by atoms with Gasteiger partial charge in [0.15, 0.2) is 5.11 Å². The molecular weight excluding hydrogens is 412 g/mol. The molecule has 6 heteroatoms. The summed E-state index contributed by atoms with van der Waals surface area (Å²) < 4.78 is 2.21. The summed E-state index contributed by atoms with van der Waals surface area (Å²) in [5.41, 5.74) is 4.16. The Balaban J connectivity index is 1.67. The lowest BCUT2D eigenvalue weighted by Gasteiger charge is -2.29. The van der Waals surface area contributed by atoms with E-state index in [1.807, 2.05) is 66.9 Å². The van der Waals surface area contributed by atoms with E-state index in [4.69, 9.17) is 23.8 Å². The van der Waals surface area contributed by atoms with Crippen molar-refractivity contribution in [3.05, 3.63) is 114 Å². The van der Waals surface area contributed by atoms with Crippen molar-refractivity contribution < 1.29 is 0 Å². The van der Waals surface area contributed by atoms with E-state index in [9.17, 15) is 0 Å². The quantitative estimate of drug-likeness (QED) is 0.421. The summed E-state index contributed by atoms with van der Waals surface area (Å²) in [6, 6.07) is 28.1. The number of hydrogen-bond acceptors (Lipinski definition) is 2. The van der Waals surface area contributed by atoms with Crippen LogP contribution < -0.4 is 10.2 Å². The zero-order chi connectivity index (χ0) is 20.5. The molecule has 5 rings (SSSR count). The van der Waals surface area contributed by atoms with Crippen molar-refractivity contribution >= 4 is 34.6 Å². The Bertz CT molecular complexity index is 1160. The van der Waals surface area contributed by atoms with Gasteiger partial charge in [-0.2, -0.15) is 0 Å². The number of benzene rings is 2. The molecule has 1 aliphatic heterocycles. The largest absolute Gasteiger partial charge is 0.351 e. The summed E-state index contributed by atoms with van der Waals surface area (Å²) >= 11 is 11.9. The fraction of sp³-hybridized carbons (Fsp3) is 0.0833. The van der Waals surface area contributed by atoms with Gasteiger partial charge >= 0.3 is 0 Å². The Morgan fingerprint density at radius 2 is 1.60 bits per heavy atom. The van der Waals surface area contributed by atoms with Crippen LogP contribution in [0.4, 0.5) is 5.69 Å². The van der Waals surface area contributed by atoms with Crippen LogP contribution in [-0.4, -0.2) is 14.7 Å². The van der Waals surface area contributed by atoms with Gasteiger partial charge in [0, 0.05) is 34.5 Å². The molecule has 4 aromatic rings. The molecule has 148 valence electrons. The molecule has 2 aromatic carbocycles. The molecular formula is C24H19ClN4S. The summed E-state index contributed by atoms with van der Waals surface area (Å²) in [5, 5.41) is 4.86. The first-order chi connectivity index (χ1) is 14.7. The van der Waals surface area contributed by atoms with Gasteiger partial charge in [-0.05, 0) is 72.9 Å². The molecule has 3 heterocycles. The van der Waals surface area contributed by atoms with Crippen molar-refractivity contribution in [3.8, 4) is 5.69 Å². The molecule has 1 aliphatic rings. The van der Waals surface area contributed by atoms with E-state index in [1.54, 1.807) is 0 Å². The van der Waals surface area contributed by atoms with Gasteiger partial charge in [0.25, 0.3) is 0 Å². The summed E-state index contributed by atoms with van der Waals surface area (Å²) in [6.07, 6.45) is 3.90. The van der Waals surface area contributed by atoms with Crippen LogP contribution >= 0.6 is 23.8 Å². The second-order valence-electron chi connectivity index (χ2n) is 7.11. The monoisotopic (exact) mass is 430 g/mol. The molecule has 1 saturated heterocycles. The van der Waals surface area contributed by atoms with Crippen LogP contribution in [0.1, 0.15) is 23.5 Å². The summed E-state index contributed by atoms with van der Waals surface area (Å²) in [5.74, 6) is 0. The number of nitrogens with one attached hydrogen (secondary N) is 1. The zero-order valence-electron chi connectivity index (χ0n) is 16.0. The number of nitrogens with zero attached hydrogens (tertiary/aromatic N) is 3. The highest BCUT2D eigenvalue weighted by molar-refractivity contribution is 7.80. The molecule has 30 heavy (non-hydrogen) atoms. The van der Waals surface area contributed by atoms with Crippen LogP contribution in [-0.2, 0) is 0 Å². The number of hydrogen-bond donors (Lipinski definition) is 1. The molecule has 2 unspecified atom stereocenters. The average molecular weight is 431 g/mol. The van der Waals surface area contributed by atoms with Gasteiger partial charge in [-0.25, -0.2) is 0 Å². The molecule has 2 aromatic heterocycles. The predicted octanol–water partition coefficient (Wildman–Crippen LogP) is 5.70. The summed E-state index contributed by atoms with van der Waals surface area (Å²) in [6.45, 7) is 0. The van der Waals surface area contributed by atoms with Crippen molar-refractivity contribution in [2.45, 2.75) is 12.1 Å². The van der Waals surface area contributed by atoms with E-state index in [0.29, 0.717) is 10.1 Å². The van der Waals surface area contributed by atoms with E-state index in [2.05, 4.69) is 50.2 Å². The van der Waals surface area contributed by atoms with Crippen LogP contribution in [0.3, 0.4) is 0 Å². The highest BCUT2D eigenvalue weighted by Crippen LogP contribution is 2.42. The van der Waals surface area contributed by atoms with Gasteiger partial charge in [0.05, 0.1) is 11.7 Å². The minimum Gasteiger partial charge on any atom is -0.351 e. The molecule has 0 bridgehead atoms. The Labute approximate surface area is 185 Å². The molecule has 0 radical (unpaired) electrons. The SMILES string of the molecule is S=C1NC(c2ccccn2)C(c2cccn2-c2ccccc2)N1c1ccc(Cl)cc1. The van der Waals surface area contributed by atoms with Crippen LogP contribution in [0, 0.1) is 0 Å². The first-order valence-corrected chi connectivity index (χ1v) is 10.5. The second-order valence-corrected chi connectivity index (χ2v) is 7.93. The van der Waals surface area contributed by atoms with Crippen molar-refractivity contribution in [2.24, 2.45) is 0 Å². The standard InChI is InChI=1S/C24H19ClN4S/c25-17-11-13-19(14-12-17)29-23(22(27-24(29)30)20-9-4-5-15-26-20)21-10-6-16-28(21)18-7-2-1-3-8-18/h1-16,22-23H,(H,27,30). The number of pyridine rings is 1. The van der Waals surface area contributed by atoms with E-state index < -0.39 is 0 Å². The molecule has 0 spiro atoms. The fourth-order valence-corrected chi connectivity index (χ4v) is 4.47. The number of para-hydroxylation sites is 1. The van der Waals surface area contributed by atoms with Gasteiger partial charge in [-0.3, -0.25) is 4.98 Å². The third-order valence-electron chi connectivity index (χ3n) is 5.32. The molecule has 4 nitrogen and oxygen atoms in total. The van der Waals surface area contributed by atoms with Crippen molar-refractivity contribution in [3.63, 3.8) is 0 Å². The normalized spacial score (nSPS) is 18.4. The molecule has 1 N–H and O–H groups in total. The maximum atomic E-state index is 6.14. The number of rotatable bonds is 4. The van der Waals surface area contributed by atoms with Crippen molar-refractivity contribution in [1.29, 1.82) is 0 Å². The number of thiocarbonyl (C=S) groups is 1. The third kappa shape index (κ3) is 3.36. The van der Waals surface area contributed by atoms with E-state index in [0.717, 1.165) is 22.8 Å². The molecule has 0 aliphatic carbocycles. The number of aromatic nitrogens is 2. The zero-order valence-corrected chi connectivity index (χ0v) is 17.6. The molecule has 0 amide bonds. The van der Waals surface area contributed by atoms with E-state index >= 15 is 0 Å². The van der Waals surface area contributed by atoms with Crippen LogP contribution in [0.25, 0.3) is 5.69 Å². The van der Waals surface area contributed by atoms with E-state index in [1.165, 1.54) is 0 Å². The van der Waals surface area contributed by atoms with Gasteiger partial charge in [-0.1, -0.05) is 35.9 Å². The lowest BCUT2D eigenvalue weighted by Crippen LogP contribution is -2.30. The van der Waals surface area contributed by atoms with Crippen LogP contribution in [0.5, 0.6) is 0 Å². The van der Waals surface area contributed by atoms with Crippen molar-refractivity contribution in [2.75, 3.05) is 4.90 Å². The highest BCUT2D eigenvalue weighted by atomic mass is 35.5. The molecule has 1 fully saturated rings. The smallest absolute Gasteiger partial charge is 0.174 e.